The third-order valence-corrected chi connectivity index (χ3v) is 2.24. The first kappa shape index (κ1) is 17.2. The van der Waals surface area contributed by atoms with Gasteiger partial charge in [-0.2, -0.15) is 0 Å². The van der Waals surface area contributed by atoms with Gasteiger partial charge < -0.3 is 14.2 Å². The molecular weight excluding hydrogens is 291 g/mol. The maximum atomic E-state index is 13.7. The van der Waals surface area contributed by atoms with E-state index in [1.807, 2.05) is 0 Å². The summed E-state index contributed by atoms with van der Waals surface area (Å²) in [7, 11) is 0. The van der Waals surface area contributed by atoms with Gasteiger partial charge in [0.15, 0.2) is 11.6 Å². The van der Waals surface area contributed by atoms with Crippen LogP contribution in [-0.2, 0) is 14.3 Å². The van der Waals surface area contributed by atoms with Crippen LogP contribution < -0.4 is 9.47 Å². The van der Waals surface area contributed by atoms with E-state index >= 15 is 0 Å². The van der Waals surface area contributed by atoms with Crippen LogP contribution in [0.2, 0.25) is 0 Å². The zero-order valence-corrected chi connectivity index (χ0v) is 12.2. The highest BCUT2D eigenvalue weighted by Crippen LogP contribution is 2.23. The topological polar surface area (TPSA) is 61.8 Å². The fourth-order valence-electron chi connectivity index (χ4n) is 1.13. The summed E-state index contributed by atoms with van der Waals surface area (Å²) in [6.07, 6.45) is 1.96. The van der Waals surface area contributed by atoms with Gasteiger partial charge in [0.1, 0.15) is 18.3 Å². The van der Waals surface area contributed by atoms with Gasteiger partial charge in [-0.15, -0.1) is 0 Å². The number of ether oxygens (including phenoxy) is 3. The van der Waals surface area contributed by atoms with Crippen molar-refractivity contribution in [2.75, 3.05) is 0 Å². The van der Waals surface area contributed by atoms with Gasteiger partial charge in [0.25, 0.3) is 0 Å². The van der Waals surface area contributed by atoms with Gasteiger partial charge in [-0.1, -0.05) is 13.2 Å². The molecule has 0 heterocycles. The number of hydrogen-bond acceptors (Lipinski definition) is 5. The Labute approximate surface area is 127 Å². The number of benzene rings is 1. The fourth-order valence-corrected chi connectivity index (χ4v) is 1.13. The Bertz CT molecular complexity index is 646. The second kappa shape index (κ2) is 7.78. The van der Waals surface area contributed by atoms with Crippen molar-refractivity contribution in [3.05, 3.63) is 60.8 Å². The van der Waals surface area contributed by atoms with E-state index in [0.29, 0.717) is 0 Å². The average molecular weight is 306 g/mol. The third-order valence-electron chi connectivity index (χ3n) is 2.24. The molecule has 1 aromatic carbocycles. The Kier molecular flexibility index (Phi) is 6.07. The van der Waals surface area contributed by atoms with Gasteiger partial charge in [0, 0.05) is 17.2 Å². The lowest BCUT2D eigenvalue weighted by Gasteiger charge is -2.06. The first-order chi connectivity index (χ1) is 10.3. The molecule has 1 rings (SSSR count). The molecule has 0 bridgehead atoms. The van der Waals surface area contributed by atoms with Gasteiger partial charge >= 0.3 is 11.9 Å². The molecule has 1 aromatic rings. The zero-order valence-electron chi connectivity index (χ0n) is 12.2. The Morgan fingerprint density at radius 2 is 1.73 bits per heavy atom. The summed E-state index contributed by atoms with van der Waals surface area (Å²) in [6, 6.07) is 3.61. The van der Waals surface area contributed by atoms with E-state index < -0.39 is 17.8 Å². The van der Waals surface area contributed by atoms with Gasteiger partial charge in [-0.25, -0.2) is 14.0 Å². The van der Waals surface area contributed by atoms with Crippen molar-refractivity contribution >= 4 is 11.9 Å². The second-order valence-corrected chi connectivity index (χ2v) is 4.34. The van der Waals surface area contributed by atoms with E-state index in [1.54, 1.807) is 0 Å². The maximum absolute atomic E-state index is 13.7. The molecule has 116 valence electrons. The SMILES string of the molecule is C=C(C)C(=O)O/C=C\Oc1ccc(OC(=O)C(=C)C)cc1F. The maximum Gasteiger partial charge on any atom is 0.338 e. The molecule has 0 aromatic heterocycles. The summed E-state index contributed by atoms with van der Waals surface area (Å²) >= 11 is 0. The minimum absolute atomic E-state index is 0.0236. The molecule has 0 aliphatic heterocycles. The van der Waals surface area contributed by atoms with Crippen molar-refractivity contribution < 1.29 is 28.2 Å². The zero-order chi connectivity index (χ0) is 16.7. The monoisotopic (exact) mass is 306 g/mol. The van der Waals surface area contributed by atoms with E-state index in [9.17, 15) is 14.0 Å². The number of halogens is 1. The molecule has 0 N–H and O–H groups in total. The fraction of sp³-hybridized carbons (Fsp3) is 0.125. The first-order valence-electron chi connectivity index (χ1n) is 6.16. The van der Waals surface area contributed by atoms with Crippen molar-refractivity contribution in [1.82, 2.24) is 0 Å². The predicted molar refractivity (Wildman–Crippen MR) is 77.5 cm³/mol. The Morgan fingerprint density at radius 3 is 2.27 bits per heavy atom. The quantitative estimate of drug-likeness (QED) is 0.349. The van der Waals surface area contributed by atoms with Crippen molar-refractivity contribution in [1.29, 1.82) is 0 Å². The van der Waals surface area contributed by atoms with Crippen LogP contribution in [0.3, 0.4) is 0 Å². The van der Waals surface area contributed by atoms with Crippen LogP contribution in [0.5, 0.6) is 11.5 Å². The van der Waals surface area contributed by atoms with E-state index in [2.05, 4.69) is 17.9 Å². The van der Waals surface area contributed by atoms with Crippen LogP contribution in [0.25, 0.3) is 0 Å². The lowest BCUT2D eigenvalue weighted by molar-refractivity contribution is -0.133. The lowest BCUT2D eigenvalue weighted by atomic mass is 10.3. The Hall–Kier alpha value is -2.89. The molecule has 0 aliphatic carbocycles. The van der Waals surface area contributed by atoms with E-state index in [-0.39, 0.29) is 22.6 Å². The van der Waals surface area contributed by atoms with Gasteiger partial charge in [-0.05, 0) is 26.0 Å². The highest BCUT2D eigenvalue weighted by atomic mass is 19.1. The first-order valence-corrected chi connectivity index (χ1v) is 6.16. The number of hydrogen-bond donors (Lipinski definition) is 0. The van der Waals surface area contributed by atoms with Crippen LogP contribution >= 0.6 is 0 Å². The van der Waals surface area contributed by atoms with Crippen molar-refractivity contribution in [3.8, 4) is 11.5 Å². The van der Waals surface area contributed by atoms with Crippen molar-refractivity contribution in [2.24, 2.45) is 0 Å². The molecule has 0 fully saturated rings. The largest absolute Gasteiger partial charge is 0.459 e. The van der Waals surface area contributed by atoms with Crippen molar-refractivity contribution in [3.63, 3.8) is 0 Å². The smallest absolute Gasteiger partial charge is 0.338 e. The lowest BCUT2D eigenvalue weighted by Crippen LogP contribution is -2.08. The number of carbonyl (C=O) groups excluding carboxylic acids is 2. The van der Waals surface area contributed by atoms with Gasteiger partial charge in [0.2, 0.25) is 0 Å². The predicted octanol–water partition coefficient (Wildman–Crippen LogP) is 3.28. The van der Waals surface area contributed by atoms with Gasteiger partial charge in [-0.3, -0.25) is 0 Å². The molecule has 5 nitrogen and oxygen atoms in total. The molecule has 0 spiro atoms. The summed E-state index contributed by atoms with van der Waals surface area (Å²) in [6.45, 7) is 9.78. The van der Waals surface area contributed by atoms with E-state index in [0.717, 1.165) is 18.6 Å². The molecule has 6 heteroatoms. The minimum Gasteiger partial charge on any atom is -0.459 e. The summed E-state index contributed by atoms with van der Waals surface area (Å²) in [5.41, 5.74) is 0.419. The molecule has 0 atom stereocenters. The van der Waals surface area contributed by atoms with E-state index in [4.69, 9.17) is 9.47 Å². The van der Waals surface area contributed by atoms with Crippen LogP contribution in [0.15, 0.2) is 55.0 Å². The van der Waals surface area contributed by atoms with Crippen molar-refractivity contribution in [2.45, 2.75) is 13.8 Å². The molecule has 0 unspecified atom stereocenters. The van der Waals surface area contributed by atoms with Gasteiger partial charge in [0.05, 0.1) is 0 Å². The average Bonchev–Trinajstić information content (AvgIpc) is 2.44. The Balaban J connectivity index is 2.64. The standard InChI is InChI=1S/C16H15FO5/c1-10(2)15(18)21-8-7-20-14-6-5-12(9-13(14)17)22-16(19)11(3)4/h5-9H,1,3H2,2,4H3/b8-7-. The molecular formula is C16H15FO5. The summed E-state index contributed by atoms with van der Waals surface area (Å²) in [5, 5.41) is 0. The summed E-state index contributed by atoms with van der Waals surface area (Å²) in [5.74, 6) is -2.13. The van der Waals surface area contributed by atoms with Crippen LogP contribution in [0.1, 0.15) is 13.8 Å². The van der Waals surface area contributed by atoms with E-state index in [1.165, 1.54) is 26.0 Å². The second-order valence-electron chi connectivity index (χ2n) is 4.34. The normalized spacial score (nSPS) is 10.1. The molecule has 0 saturated heterocycles. The number of carbonyl (C=O) groups is 2. The summed E-state index contributed by atoms with van der Waals surface area (Å²) in [4.78, 5) is 22.4. The summed E-state index contributed by atoms with van der Waals surface area (Å²) < 4.78 is 28.2. The highest BCUT2D eigenvalue weighted by molar-refractivity contribution is 5.88. The third kappa shape index (κ3) is 5.24. The molecule has 0 saturated carbocycles. The van der Waals surface area contributed by atoms with Crippen LogP contribution in [0.4, 0.5) is 4.39 Å². The Morgan fingerprint density at radius 1 is 1.09 bits per heavy atom. The minimum atomic E-state index is -0.747. The molecule has 22 heavy (non-hydrogen) atoms. The number of esters is 2. The highest BCUT2D eigenvalue weighted by Gasteiger charge is 2.09. The van der Waals surface area contributed by atoms with Crippen LogP contribution in [0, 0.1) is 5.82 Å². The molecule has 0 radical (unpaired) electrons. The number of rotatable bonds is 6. The van der Waals surface area contributed by atoms with Crippen LogP contribution in [-0.4, -0.2) is 11.9 Å². The molecule has 0 amide bonds. The molecule has 0 aliphatic rings.